The third kappa shape index (κ3) is 3.79. The molecule has 2 aliphatic heterocycles. The molecule has 2 fully saturated rings. The van der Waals surface area contributed by atoms with Crippen LogP contribution in [0, 0.1) is 0 Å². The van der Waals surface area contributed by atoms with Gasteiger partial charge in [0.25, 0.3) is 5.91 Å². The van der Waals surface area contributed by atoms with Crippen molar-refractivity contribution in [3.63, 3.8) is 0 Å². The molecule has 1 aromatic rings. The second-order valence-corrected chi connectivity index (χ2v) is 8.01. The largest absolute Gasteiger partial charge is 0.387 e. The summed E-state index contributed by atoms with van der Waals surface area (Å²) in [5.41, 5.74) is 0.452. The van der Waals surface area contributed by atoms with Crippen LogP contribution in [0.2, 0.25) is 0 Å². The van der Waals surface area contributed by atoms with E-state index in [0.717, 1.165) is 18.8 Å². The van der Waals surface area contributed by atoms with Crippen LogP contribution in [-0.4, -0.2) is 82.5 Å². The van der Waals surface area contributed by atoms with Gasteiger partial charge in [0.15, 0.2) is 0 Å². The third-order valence-corrected chi connectivity index (χ3v) is 4.85. The molecule has 0 spiro atoms. The number of hydrogen-bond donors (Lipinski definition) is 2. The van der Waals surface area contributed by atoms with Crippen LogP contribution in [0.25, 0.3) is 0 Å². The molecule has 3 rings (SSSR count). The number of carbonyl (C=O) groups is 1. The van der Waals surface area contributed by atoms with Gasteiger partial charge in [-0.2, -0.15) is 5.10 Å². The quantitative estimate of drug-likeness (QED) is 0.845. The Hall–Kier alpha value is -1.44. The smallest absolute Gasteiger partial charge is 0.274 e. The van der Waals surface area contributed by atoms with E-state index < -0.39 is 5.60 Å². The van der Waals surface area contributed by atoms with Crippen molar-refractivity contribution in [3.8, 4) is 0 Å². The van der Waals surface area contributed by atoms with Crippen LogP contribution in [0.15, 0.2) is 6.07 Å². The molecule has 1 atom stereocenters. The highest BCUT2D eigenvalue weighted by atomic mass is 16.5. The van der Waals surface area contributed by atoms with Crippen molar-refractivity contribution < 1.29 is 14.6 Å². The molecule has 1 unspecified atom stereocenters. The first-order valence-corrected chi connectivity index (χ1v) is 8.65. The molecule has 0 aromatic carbocycles. The molecular weight excluding hydrogens is 308 g/mol. The number of aliphatic hydroxyl groups is 1. The van der Waals surface area contributed by atoms with Crippen LogP contribution in [0.4, 0.5) is 0 Å². The zero-order valence-electron chi connectivity index (χ0n) is 14.8. The number of carbonyl (C=O) groups excluding carboxylic acids is 1. The number of aromatic amines is 1. The van der Waals surface area contributed by atoms with Gasteiger partial charge in [-0.15, -0.1) is 0 Å². The average molecular weight is 336 g/mol. The molecule has 1 amide bonds. The lowest BCUT2D eigenvalue weighted by Crippen LogP contribution is -2.49. The molecule has 7 heteroatoms. The fourth-order valence-corrected chi connectivity index (χ4v) is 3.31. The summed E-state index contributed by atoms with van der Waals surface area (Å²) >= 11 is 0. The first-order valence-electron chi connectivity index (χ1n) is 8.65. The van der Waals surface area contributed by atoms with E-state index in [0.29, 0.717) is 45.0 Å². The average Bonchev–Trinajstić information content (AvgIpc) is 3.14. The normalized spacial score (nSPS) is 26.1. The molecular formula is C17H28N4O3. The lowest BCUT2D eigenvalue weighted by atomic mass is 9.92. The van der Waals surface area contributed by atoms with E-state index in [2.05, 4.69) is 35.9 Å². The van der Waals surface area contributed by atoms with Crippen LogP contribution in [0.1, 0.15) is 43.4 Å². The van der Waals surface area contributed by atoms with Crippen molar-refractivity contribution >= 4 is 5.91 Å². The van der Waals surface area contributed by atoms with Crippen LogP contribution >= 0.6 is 0 Å². The topological polar surface area (TPSA) is 81.7 Å². The summed E-state index contributed by atoms with van der Waals surface area (Å²) < 4.78 is 5.34. The number of morpholine rings is 1. The summed E-state index contributed by atoms with van der Waals surface area (Å²) in [5.74, 6) is -0.111. The number of rotatable bonds is 3. The fourth-order valence-electron chi connectivity index (χ4n) is 3.31. The number of hydrogen-bond acceptors (Lipinski definition) is 5. The number of amides is 1. The van der Waals surface area contributed by atoms with E-state index >= 15 is 0 Å². The number of aromatic nitrogens is 2. The first-order chi connectivity index (χ1) is 11.3. The Bertz CT molecular complexity index is 589. The van der Waals surface area contributed by atoms with Gasteiger partial charge in [-0.1, -0.05) is 20.8 Å². The maximum atomic E-state index is 12.7. The van der Waals surface area contributed by atoms with E-state index in [1.807, 2.05) is 6.07 Å². The Balaban J connectivity index is 1.62. The Morgan fingerprint density at radius 1 is 1.38 bits per heavy atom. The molecule has 24 heavy (non-hydrogen) atoms. The number of nitrogens with zero attached hydrogens (tertiary/aromatic N) is 3. The molecule has 0 saturated carbocycles. The lowest BCUT2D eigenvalue weighted by molar-refractivity contribution is -0.0257. The highest BCUT2D eigenvalue weighted by molar-refractivity contribution is 5.92. The SMILES string of the molecule is CC(C)(C)c1cc(C(=O)N2CCC(O)(CN3CCOCC3)C2)n[nH]1. The van der Waals surface area contributed by atoms with Gasteiger partial charge in [-0.05, 0) is 12.5 Å². The maximum absolute atomic E-state index is 12.7. The van der Waals surface area contributed by atoms with E-state index in [1.54, 1.807) is 4.90 Å². The van der Waals surface area contributed by atoms with Gasteiger partial charge in [0.1, 0.15) is 5.69 Å². The third-order valence-electron chi connectivity index (χ3n) is 4.85. The van der Waals surface area contributed by atoms with Gasteiger partial charge >= 0.3 is 0 Å². The van der Waals surface area contributed by atoms with Crippen molar-refractivity contribution in [3.05, 3.63) is 17.5 Å². The van der Waals surface area contributed by atoms with Crippen LogP contribution in [0.5, 0.6) is 0 Å². The van der Waals surface area contributed by atoms with E-state index in [4.69, 9.17) is 4.74 Å². The van der Waals surface area contributed by atoms with Gasteiger partial charge in [0, 0.05) is 37.3 Å². The first kappa shape index (κ1) is 17.4. The Labute approximate surface area is 143 Å². The Morgan fingerprint density at radius 2 is 2.08 bits per heavy atom. The Morgan fingerprint density at radius 3 is 2.71 bits per heavy atom. The number of likely N-dealkylation sites (tertiary alicyclic amines) is 1. The monoisotopic (exact) mass is 336 g/mol. The van der Waals surface area contributed by atoms with Crippen molar-refractivity contribution in [2.45, 2.75) is 38.2 Å². The summed E-state index contributed by atoms with van der Waals surface area (Å²) in [7, 11) is 0. The summed E-state index contributed by atoms with van der Waals surface area (Å²) in [6.45, 7) is 10.8. The van der Waals surface area contributed by atoms with Crippen LogP contribution < -0.4 is 0 Å². The molecule has 0 aliphatic carbocycles. The zero-order chi connectivity index (χ0) is 17.4. The molecule has 2 saturated heterocycles. The predicted octanol–water partition coefficient (Wildman–Crippen LogP) is 0.616. The maximum Gasteiger partial charge on any atom is 0.274 e. The number of nitrogens with one attached hydrogen (secondary N) is 1. The highest BCUT2D eigenvalue weighted by Gasteiger charge is 2.40. The molecule has 3 heterocycles. The van der Waals surface area contributed by atoms with Crippen molar-refractivity contribution in [2.75, 3.05) is 45.9 Å². The van der Waals surface area contributed by atoms with Crippen molar-refractivity contribution in [1.29, 1.82) is 0 Å². The summed E-state index contributed by atoms with van der Waals surface area (Å²) in [5, 5.41) is 18.0. The van der Waals surface area contributed by atoms with Crippen LogP contribution in [0.3, 0.4) is 0 Å². The standard InChI is InChI=1S/C17H28N4O3/c1-16(2,3)14-10-13(18-19-14)15(22)21-5-4-17(23,12-21)11-20-6-8-24-9-7-20/h10,23H,4-9,11-12H2,1-3H3,(H,18,19). The second-order valence-electron chi connectivity index (χ2n) is 8.01. The predicted molar refractivity (Wildman–Crippen MR) is 90.0 cm³/mol. The van der Waals surface area contributed by atoms with Crippen molar-refractivity contribution in [1.82, 2.24) is 20.0 Å². The minimum atomic E-state index is -0.837. The number of β-amino-alcohol motifs (C(OH)–C–C–N with tert-alkyl or cyclic N) is 1. The summed E-state index contributed by atoms with van der Waals surface area (Å²) in [6.07, 6.45) is 0.604. The molecule has 0 bridgehead atoms. The molecule has 7 nitrogen and oxygen atoms in total. The van der Waals surface area contributed by atoms with Gasteiger partial charge in [0.05, 0.1) is 25.4 Å². The van der Waals surface area contributed by atoms with Gasteiger partial charge in [-0.3, -0.25) is 14.8 Å². The lowest BCUT2D eigenvalue weighted by Gasteiger charge is -2.33. The van der Waals surface area contributed by atoms with Gasteiger partial charge in [-0.25, -0.2) is 0 Å². The molecule has 0 radical (unpaired) electrons. The zero-order valence-corrected chi connectivity index (χ0v) is 14.8. The van der Waals surface area contributed by atoms with Crippen LogP contribution in [-0.2, 0) is 10.2 Å². The fraction of sp³-hybridized carbons (Fsp3) is 0.765. The number of ether oxygens (including phenoxy) is 1. The number of H-pyrrole nitrogens is 1. The van der Waals surface area contributed by atoms with Gasteiger partial charge < -0.3 is 14.7 Å². The molecule has 1 aromatic heterocycles. The molecule has 134 valence electrons. The second kappa shape index (κ2) is 6.46. The summed E-state index contributed by atoms with van der Waals surface area (Å²) in [4.78, 5) is 16.6. The van der Waals surface area contributed by atoms with E-state index in [9.17, 15) is 9.90 Å². The van der Waals surface area contributed by atoms with E-state index in [-0.39, 0.29) is 11.3 Å². The highest BCUT2D eigenvalue weighted by Crippen LogP contribution is 2.25. The molecule has 2 N–H and O–H groups in total. The molecule has 2 aliphatic rings. The Kier molecular flexibility index (Phi) is 4.68. The summed E-state index contributed by atoms with van der Waals surface area (Å²) in [6, 6.07) is 1.82. The van der Waals surface area contributed by atoms with E-state index in [1.165, 1.54) is 0 Å². The minimum absolute atomic E-state index is 0.0758. The van der Waals surface area contributed by atoms with Crippen molar-refractivity contribution in [2.24, 2.45) is 0 Å². The minimum Gasteiger partial charge on any atom is -0.387 e. The van der Waals surface area contributed by atoms with Gasteiger partial charge in [0.2, 0.25) is 0 Å².